The predicted molar refractivity (Wildman–Crippen MR) is 55.6 cm³/mol. The minimum absolute atomic E-state index is 0.0631. The number of hydrogen-bond acceptors (Lipinski definition) is 3. The average Bonchev–Trinajstić information content (AvgIpc) is 3.05. The molecule has 0 heterocycles. The van der Waals surface area contributed by atoms with Gasteiger partial charge in [0.05, 0.1) is 12.5 Å². The van der Waals surface area contributed by atoms with Crippen molar-refractivity contribution in [3.63, 3.8) is 0 Å². The van der Waals surface area contributed by atoms with Gasteiger partial charge in [-0.1, -0.05) is 0 Å². The molecule has 6 nitrogen and oxygen atoms in total. The van der Waals surface area contributed by atoms with Crippen molar-refractivity contribution in [1.29, 1.82) is 5.26 Å². The second-order valence-corrected chi connectivity index (χ2v) is 3.87. The van der Waals surface area contributed by atoms with Gasteiger partial charge in [-0.25, -0.2) is 4.79 Å². The van der Waals surface area contributed by atoms with Gasteiger partial charge in [0.1, 0.15) is 6.54 Å². The fourth-order valence-corrected chi connectivity index (χ4v) is 1.42. The minimum Gasteiger partial charge on any atom is -0.480 e. The van der Waals surface area contributed by atoms with Gasteiger partial charge in [0, 0.05) is 19.6 Å². The molecular weight excluding hydrogens is 210 g/mol. The first kappa shape index (κ1) is 12.3. The quantitative estimate of drug-likeness (QED) is 0.738. The highest BCUT2D eigenvalue weighted by Crippen LogP contribution is 2.27. The lowest BCUT2D eigenvalue weighted by atomic mass is 10.4. The molecule has 0 aromatic carbocycles. The van der Waals surface area contributed by atoms with E-state index in [1.807, 2.05) is 6.07 Å². The zero-order chi connectivity index (χ0) is 12.1. The molecule has 0 radical (unpaired) electrons. The van der Waals surface area contributed by atoms with E-state index in [1.165, 1.54) is 9.80 Å². The molecule has 16 heavy (non-hydrogen) atoms. The Morgan fingerprint density at radius 3 is 2.56 bits per heavy atom. The van der Waals surface area contributed by atoms with E-state index in [2.05, 4.69) is 0 Å². The monoisotopic (exact) mass is 225 g/mol. The minimum atomic E-state index is -1.01. The van der Waals surface area contributed by atoms with Crippen LogP contribution in [0.15, 0.2) is 0 Å². The largest absolute Gasteiger partial charge is 0.480 e. The third-order valence-electron chi connectivity index (χ3n) is 2.42. The smallest absolute Gasteiger partial charge is 0.323 e. The van der Waals surface area contributed by atoms with Crippen LogP contribution < -0.4 is 0 Å². The Kier molecular flexibility index (Phi) is 4.11. The van der Waals surface area contributed by atoms with Crippen molar-refractivity contribution in [3.8, 4) is 6.07 Å². The van der Waals surface area contributed by atoms with Gasteiger partial charge in [0.15, 0.2) is 0 Å². The van der Waals surface area contributed by atoms with E-state index in [9.17, 15) is 9.59 Å². The van der Waals surface area contributed by atoms with Crippen LogP contribution in [-0.4, -0.2) is 53.1 Å². The van der Waals surface area contributed by atoms with Crippen molar-refractivity contribution in [2.75, 3.05) is 20.1 Å². The van der Waals surface area contributed by atoms with Crippen molar-refractivity contribution >= 4 is 12.0 Å². The number of aliphatic carboxylic acids is 1. The Hall–Kier alpha value is -1.77. The molecule has 0 saturated heterocycles. The number of rotatable bonds is 5. The Balaban J connectivity index is 2.53. The summed E-state index contributed by atoms with van der Waals surface area (Å²) in [5, 5.41) is 17.1. The second kappa shape index (κ2) is 5.35. The number of nitriles is 1. The molecule has 1 rings (SSSR count). The van der Waals surface area contributed by atoms with Crippen molar-refractivity contribution in [3.05, 3.63) is 0 Å². The maximum atomic E-state index is 11.8. The van der Waals surface area contributed by atoms with Crippen LogP contribution in [0.25, 0.3) is 0 Å². The summed E-state index contributed by atoms with van der Waals surface area (Å²) >= 11 is 0. The normalized spacial score (nSPS) is 14.0. The van der Waals surface area contributed by atoms with Gasteiger partial charge in [-0.05, 0) is 12.8 Å². The van der Waals surface area contributed by atoms with E-state index in [1.54, 1.807) is 7.05 Å². The van der Waals surface area contributed by atoms with Gasteiger partial charge in [-0.3, -0.25) is 4.79 Å². The summed E-state index contributed by atoms with van der Waals surface area (Å²) in [5.41, 5.74) is 0. The van der Waals surface area contributed by atoms with Gasteiger partial charge in [-0.2, -0.15) is 5.26 Å². The van der Waals surface area contributed by atoms with Crippen LogP contribution in [0, 0.1) is 11.3 Å². The fourth-order valence-electron chi connectivity index (χ4n) is 1.42. The Bertz CT molecular complexity index is 320. The van der Waals surface area contributed by atoms with Gasteiger partial charge in [0.2, 0.25) is 0 Å². The topological polar surface area (TPSA) is 84.6 Å². The Labute approximate surface area is 94.0 Å². The molecule has 2 amide bonds. The van der Waals surface area contributed by atoms with Crippen LogP contribution in [0.1, 0.15) is 19.3 Å². The highest BCUT2D eigenvalue weighted by molar-refractivity contribution is 5.80. The number of carbonyl (C=O) groups is 2. The molecule has 0 spiro atoms. The van der Waals surface area contributed by atoms with Crippen LogP contribution in [0.5, 0.6) is 0 Å². The summed E-state index contributed by atoms with van der Waals surface area (Å²) in [6.07, 6.45) is 1.99. The van der Waals surface area contributed by atoms with Crippen LogP contribution >= 0.6 is 0 Å². The van der Waals surface area contributed by atoms with Gasteiger partial charge >= 0.3 is 12.0 Å². The summed E-state index contributed by atoms with van der Waals surface area (Å²) in [7, 11) is 1.58. The first-order valence-electron chi connectivity index (χ1n) is 5.16. The van der Waals surface area contributed by atoms with Gasteiger partial charge in [-0.15, -0.1) is 0 Å². The molecule has 6 heteroatoms. The van der Waals surface area contributed by atoms with E-state index in [4.69, 9.17) is 10.4 Å². The number of amides is 2. The number of urea groups is 1. The van der Waals surface area contributed by atoms with Crippen LogP contribution in [0.4, 0.5) is 4.79 Å². The lowest BCUT2D eigenvalue weighted by Crippen LogP contribution is -2.45. The SMILES string of the molecule is CN(CCC#N)C(=O)N(CC(=O)O)C1CC1. The average molecular weight is 225 g/mol. The summed E-state index contributed by atoms with van der Waals surface area (Å²) in [6.45, 7) is 0.0680. The van der Waals surface area contributed by atoms with Crippen molar-refractivity contribution < 1.29 is 14.7 Å². The molecule has 0 aromatic heterocycles. The van der Waals surface area contributed by atoms with Gasteiger partial charge in [0.25, 0.3) is 0 Å². The van der Waals surface area contributed by atoms with E-state index in [0.717, 1.165) is 12.8 Å². The van der Waals surface area contributed by atoms with Gasteiger partial charge < -0.3 is 14.9 Å². The first-order valence-corrected chi connectivity index (χ1v) is 5.16. The summed E-state index contributed by atoms with van der Waals surface area (Å²) in [6, 6.07) is 1.71. The van der Waals surface area contributed by atoms with Crippen LogP contribution in [0.3, 0.4) is 0 Å². The maximum Gasteiger partial charge on any atom is 0.323 e. The molecule has 1 N–H and O–H groups in total. The third kappa shape index (κ3) is 3.42. The summed E-state index contributed by atoms with van der Waals surface area (Å²) < 4.78 is 0. The highest BCUT2D eigenvalue weighted by Gasteiger charge is 2.35. The highest BCUT2D eigenvalue weighted by atomic mass is 16.4. The molecule has 0 unspecified atom stereocenters. The molecule has 0 aromatic rings. The molecule has 1 saturated carbocycles. The first-order chi connectivity index (χ1) is 7.56. The zero-order valence-corrected chi connectivity index (χ0v) is 9.22. The van der Waals surface area contributed by atoms with E-state index >= 15 is 0 Å². The van der Waals surface area contributed by atoms with Crippen molar-refractivity contribution in [2.45, 2.75) is 25.3 Å². The molecule has 1 fully saturated rings. The molecule has 0 aliphatic heterocycles. The zero-order valence-electron chi connectivity index (χ0n) is 9.22. The summed E-state index contributed by atoms with van der Waals surface area (Å²) in [4.78, 5) is 25.2. The third-order valence-corrected chi connectivity index (χ3v) is 2.42. The van der Waals surface area contributed by atoms with Crippen molar-refractivity contribution in [1.82, 2.24) is 9.80 Å². The molecule has 0 atom stereocenters. The molecule has 88 valence electrons. The Morgan fingerprint density at radius 2 is 2.12 bits per heavy atom. The Morgan fingerprint density at radius 1 is 1.50 bits per heavy atom. The molecular formula is C10H15N3O3. The predicted octanol–water partition coefficient (Wildman–Crippen LogP) is 0.501. The maximum absolute atomic E-state index is 11.8. The summed E-state index contributed by atoms with van der Waals surface area (Å²) in [5.74, 6) is -1.01. The van der Waals surface area contributed by atoms with Crippen molar-refractivity contribution in [2.24, 2.45) is 0 Å². The number of hydrogen-bond donors (Lipinski definition) is 1. The lowest BCUT2D eigenvalue weighted by Gasteiger charge is -2.26. The number of carboxylic acid groups (broad SMARTS) is 1. The van der Waals surface area contributed by atoms with Crippen LogP contribution in [-0.2, 0) is 4.79 Å². The molecule has 1 aliphatic carbocycles. The standard InChI is InChI=1S/C10H15N3O3/c1-12(6-2-5-11)10(16)13(7-9(14)15)8-3-4-8/h8H,2-4,6-7H2,1H3,(H,14,15). The second-order valence-electron chi connectivity index (χ2n) is 3.87. The van der Waals surface area contributed by atoms with E-state index < -0.39 is 5.97 Å². The van der Waals surface area contributed by atoms with Crippen LogP contribution in [0.2, 0.25) is 0 Å². The number of carbonyl (C=O) groups excluding carboxylic acids is 1. The van der Waals surface area contributed by atoms with E-state index in [0.29, 0.717) is 6.54 Å². The molecule has 0 bridgehead atoms. The number of carboxylic acids is 1. The van der Waals surface area contributed by atoms with E-state index in [-0.39, 0.29) is 25.0 Å². The fraction of sp³-hybridized carbons (Fsp3) is 0.700. The molecule has 1 aliphatic rings. The number of nitrogens with zero attached hydrogens (tertiary/aromatic N) is 3. The lowest BCUT2D eigenvalue weighted by molar-refractivity contribution is -0.137.